The molecule has 2 aromatic heterocycles. The third kappa shape index (κ3) is 4.33. The number of carbonyl (C=O) groups excluding carboxylic acids is 1. The molecule has 0 radical (unpaired) electrons. The zero-order chi connectivity index (χ0) is 21.1. The monoisotopic (exact) mass is 445 g/mol. The van der Waals surface area contributed by atoms with Gasteiger partial charge < -0.3 is 9.73 Å². The number of carbonyl (C=O) groups is 1. The Hall–Kier alpha value is -2.49. The van der Waals surface area contributed by atoms with Gasteiger partial charge in [0.25, 0.3) is 5.91 Å². The van der Waals surface area contributed by atoms with Crippen molar-refractivity contribution in [2.75, 3.05) is 12.4 Å². The first-order valence-electron chi connectivity index (χ1n) is 9.83. The Morgan fingerprint density at radius 2 is 1.90 bits per heavy atom. The van der Waals surface area contributed by atoms with E-state index in [0.717, 1.165) is 31.2 Å². The fourth-order valence-corrected chi connectivity index (χ4v) is 5.81. The first kappa shape index (κ1) is 20.8. The van der Waals surface area contributed by atoms with Crippen LogP contribution in [0.5, 0.6) is 0 Å². The first-order valence-corrected chi connectivity index (χ1v) is 12.1. The Morgan fingerprint density at radius 1 is 1.17 bits per heavy atom. The van der Waals surface area contributed by atoms with Gasteiger partial charge in [-0.1, -0.05) is 19.3 Å². The molecule has 158 valence electrons. The van der Waals surface area contributed by atoms with Crippen LogP contribution in [0, 0.1) is 0 Å². The number of nitrogens with one attached hydrogen (secondary N) is 1. The molecule has 1 aliphatic rings. The molecule has 1 aliphatic carbocycles. The third-order valence-electron chi connectivity index (χ3n) is 5.38. The average molecular weight is 446 g/mol. The molecule has 0 bridgehead atoms. The topological polar surface area (TPSA) is 92.5 Å². The predicted molar refractivity (Wildman–Crippen MR) is 116 cm³/mol. The van der Waals surface area contributed by atoms with Gasteiger partial charge in [-0.3, -0.25) is 4.79 Å². The molecule has 1 fully saturated rings. The molecule has 7 nitrogen and oxygen atoms in total. The minimum atomic E-state index is -3.56. The standard InChI is InChI=1S/C21H23N3O4S2/c1-24(17-5-3-2-4-6-17)30(26,27)18-9-7-16(8-10-18)22-20(25)19-14-29-21(23-19)15-11-12-28-13-15/h7-14,17H,2-6H2,1H3,(H,22,25). The fraction of sp³-hybridized carbons (Fsp3) is 0.333. The van der Waals surface area contributed by atoms with Crippen LogP contribution in [-0.2, 0) is 10.0 Å². The normalized spacial score (nSPS) is 15.4. The highest BCUT2D eigenvalue weighted by atomic mass is 32.2. The van der Waals surface area contributed by atoms with E-state index < -0.39 is 10.0 Å². The molecule has 0 atom stereocenters. The van der Waals surface area contributed by atoms with Crippen LogP contribution in [0.1, 0.15) is 42.6 Å². The lowest BCUT2D eigenvalue weighted by atomic mass is 9.96. The van der Waals surface area contributed by atoms with Gasteiger partial charge >= 0.3 is 0 Å². The van der Waals surface area contributed by atoms with Crippen molar-refractivity contribution in [1.29, 1.82) is 0 Å². The maximum Gasteiger partial charge on any atom is 0.275 e. The quantitative estimate of drug-likeness (QED) is 0.598. The second-order valence-electron chi connectivity index (χ2n) is 7.34. The van der Waals surface area contributed by atoms with Crippen molar-refractivity contribution in [3.8, 4) is 10.6 Å². The Bertz CT molecular complexity index is 1100. The molecule has 2 heterocycles. The maximum absolute atomic E-state index is 12.9. The van der Waals surface area contributed by atoms with Gasteiger partial charge in [-0.2, -0.15) is 4.31 Å². The van der Waals surface area contributed by atoms with Crippen LogP contribution in [0.3, 0.4) is 0 Å². The van der Waals surface area contributed by atoms with E-state index in [-0.39, 0.29) is 16.8 Å². The SMILES string of the molecule is CN(C1CCCCC1)S(=O)(=O)c1ccc(NC(=O)c2csc(-c3ccoc3)n2)cc1. The van der Waals surface area contributed by atoms with Crippen LogP contribution in [-0.4, -0.2) is 36.7 Å². The molecule has 1 aromatic carbocycles. The summed E-state index contributed by atoms with van der Waals surface area (Å²) in [6.07, 6.45) is 8.22. The predicted octanol–water partition coefficient (Wildman–Crippen LogP) is 4.61. The number of furan rings is 1. The van der Waals surface area contributed by atoms with E-state index in [1.807, 2.05) is 0 Å². The van der Waals surface area contributed by atoms with E-state index in [2.05, 4.69) is 10.3 Å². The highest BCUT2D eigenvalue weighted by Crippen LogP contribution is 2.27. The van der Waals surface area contributed by atoms with E-state index in [4.69, 9.17) is 4.42 Å². The van der Waals surface area contributed by atoms with Gasteiger partial charge in [-0.15, -0.1) is 11.3 Å². The van der Waals surface area contributed by atoms with Gasteiger partial charge in [0, 0.05) is 29.7 Å². The van der Waals surface area contributed by atoms with Crippen molar-refractivity contribution in [3.05, 3.63) is 53.9 Å². The van der Waals surface area contributed by atoms with Crippen LogP contribution < -0.4 is 5.32 Å². The van der Waals surface area contributed by atoms with Crippen LogP contribution in [0.2, 0.25) is 0 Å². The highest BCUT2D eigenvalue weighted by molar-refractivity contribution is 7.89. The van der Waals surface area contributed by atoms with Crippen LogP contribution in [0.25, 0.3) is 10.6 Å². The summed E-state index contributed by atoms with van der Waals surface area (Å²) in [7, 11) is -1.90. The Balaban J connectivity index is 1.43. The van der Waals surface area contributed by atoms with Gasteiger partial charge in [0.2, 0.25) is 10.0 Å². The fourth-order valence-electron chi connectivity index (χ4n) is 3.61. The smallest absolute Gasteiger partial charge is 0.275 e. The number of anilines is 1. The number of hydrogen-bond donors (Lipinski definition) is 1. The Kier molecular flexibility index (Phi) is 6.03. The summed E-state index contributed by atoms with van der Waals surface area (Å²) in [6, 6.07) is 8.09. The van der Waals surface area contributed by atoms with Gasteiger partial charge in [-0.05, 0) is 43.2 Å². The molecular weight excluding hydrogens is 422 g/mol. The van der Waals surface area contributed by atoms with E-state index in [1.165, 1.54) is 34.2 Å². The molecule has 3 aromatic rings. The summed E-state index contributed by atoms with van der Waals surface area (Å²) >= 11 is 1.35. The molecule has 1 N–H and O–H groups in total. The van der Waals surface area contributed by atoms with E-state index in [0.29, 0.717) is 16.4 Å². The molecule has 0 unspecified atom stereocenters. The molecule has 0 aliphatic heterocycles. The van der Waals surface area contributed by atoms with Crippen molar-refractivity contribution in [1.82, 2.24) is 9.29 Å². The molecule has 1 amide bonds. The number of hydrogen-bond acceptors (Lipinski definition) is 6. The first-order chi connectivity index (χ1) is 14.4. The molecule has 4 rings (SSSR count). The minimum absolute atomic E-state index is 0.0530. The van der Waals surface area contributed by atoms with Crippen LogP contribution >= 0.6 is 11.3 Å². The lowest BCUT2D eigenvalue weighted by Gasteiger charge is -2.30. The molecule has 1 saturated carbocycles. The molecule has 30 heavy (non-hydrogen) atoms. The van der Waals surface area contributed by atoms with E-state index >= 15 is 0 Å². The molecule has 9 heteroatoms. The van der Waals surface area contributed by atoms with Crippen LogP contribution in [0.4, 0.5) is 5.69 Å². The lowest BCUT2D eigenvalue weighted by molar-refractivity contribution is 0.102. The summed E-state index contributed by atoms with van der Waals surface area (Å²) in [5, 5.41) is 5.13. The van der Waals surface area contributed by atoms with Crippen molar-refractivity contribution in [3.63, 3.8) is 0 Å². The number of rotatable bonds is 6. The summed E-state index contributed by atoms with van der Waals surface area (Å²) < 4.78 is 32.4. The molecule has 0 saturated heterocycles. The van der Waals surface area contributed by atoms with Crippen molar-refractivity contribution < 1.29 is 17.6 Å². The Labute approximate surface area is 179 Å². The highest BCUT2D eigenvalue weighted by Gasteiger charge is 2.29. The zero-order valence-corrected chi connectivity index (χ0v) is 18.2. The third-order valence-corrected chi connectivity index (χ3v) is 8.20. The van der Waals surface area contributed by atoms with Gasteiger partial charge in [-0.25, -0.2) is 13.4 Å². The Morgan fingerprint density at radius 3 is 2.57 bits per heavy atom. The number of sulfonamides is 1. The van der Waals surface area contributed by atoms with Crippen molar-refractivity contribution >= 4 is 33.0 Å². The number of amides is 1. The molecule has 0 spiro atoms. The number of thiazole rings is 1. The van der Waals surface area contributed by atoms with Gasteiger partial charge in [0.15, 0.2) is 0 Å². The van der Waals surface area contributed by atoms with E-state index in [1.54, 1.807) is 43.2 Å². The summed E-state index contributed by atoms with van der Waals surface area (Å²) in [5.41, 5.74) is 1.62. The van der Waals surface area contributed by atoms with Crippen molar-refractivity contribution in [2.45, 2.75) is 43.0 Å². The second kappa shape index (κ2) is 8.71. The number of aromatic nitrogens is 1. The summed E-state index contributed by atoms with van der Waals surface area (Å²) in [6.45, 7) is 0. The largest absolute Gasteiger partial charge is 0.472 e. The number of nitrogens with zero attached hydrogens (tertiary/aromatic N) is 2. The summed E-state index contributed by atoms with van der Waals surface area (Å²) in [5.74, 6) is -0.351. The molecular formula is C21H23N3O4S2. The zero-order valence-electron chi connectivity index (χ0n) is 16.6. The average Bonchev–Trinajstić information content (AvgIpc) is 3.46. The van der Waals surface area contributed by atoms with Gasteiger partial charge in [0.1, 0.15) is 17.0 Å². The summed E-state index contributed by atoms with van der Waals surface area (Å²) in [4.78, 5) is 17.0. The number of benzene rings is 1. The van der Waals surface area contributed by atoms with Gasteiger partial charge in [0.05, 0.1) is 11.2 Å². The van der Waals surface area contributed by atoms with Crippen molar-refractivity contribution in [2.24, 2.45) is 0 Å². The lowest BCUT2D eigenvalue weighted by Crippen LogP contribution is -2.38. The second-order valence-corrected chi connectivity index (χ2v) is 10.2. The van der Waals surface area contributed by atoms with E-state index in [9.17, 15) is 13.2 Å². The maximum atomic E-state index is 12.9. The minimum Gasteiger partial charge on any atom is -0.472 e. The van der Waals surface area contributed by atoms with Crippen LogP contribution in [0.15, 0.2) is 57.6 Å².